The molecule has 11 heavy (non-hydrogen) atoms. The summed E-state index contributed by atoms with van der Waals surface area (Å²) in [5.41, 5.74) is 1.54. The highest BCUT2D eigenvalue weighted by atomic mass is 16.1. The van der Waals surface area contributed by atoms with Gasteiger partial charge in [0.05, 0.1) is 5.71 Å². The molecule has 0 N–H and O–H groups in total. The van der Waals surface area contributed by atoms with E-state index >= 15 is 0 Å². The van der Waals surface area contributed by atoms with Gasteiger partial charge in [-0.2, -0.15) is 0 Å². The van der Waals surface area contributed by atoms with E-state index in [2.05, 4.69) is 4.99 Å². The van der Waals surface area contributed by atoms with Crippen molar-refractivity contribution in [2.75, 3.05) is 0 Å². The topological polar surface area (TPSA) is 29.4 Å². The van der Waals surface area contributed by atoms with Gasteiger partial charge in [0.25, 0.3) is 0 Å². The lowest BCUT2D eigenvalue weighted by Crippen LogP contribution is -2.13. The van der Waals surface area contributed by atoms with Crippen LogP contribution in [0.1, 0.15) is 6.42 Å². The van der Waals surface area contributed by atoms with Crippen molar-refractivity contribution in [3.63, 3.8) is 0 Å². The molecule has 0 aromatic heterocycles. The Morgan fingerprint density at radius 2 is 2.27 bits per heavy atom. The standard InChI is InChI=1S/C9H7NO/c11-9-5-6-10-8-4-2-1-3-7(8)9/h2-6H,1H2. The Kier molecular flexibility index (Phi) is 1.32. The zero-order valence-electron chi connectivity index (χ0n) is 5.95. The van der Waals surface area contributed by atoms with E-state index in [9.17, 15) is 4.79 Å². The third kappa shape index (κ3) is 0.963. The second kappa shape index (κ2) is 2.31. The van der Waals surface area contributed by atoms with Gasteiger partial charge in [-0.05, 0) is 12.5 Å². The molecule has 0 saturated heterocycles. The minimum atomic E-state index is 0.0688. The van der Waals surface area contributed by atoms with Gasteiger partial charge in [-0.25, -0.2) is 0 Å². The Morgan fingerprint density at radius 1 is 1.36 bits per heavy atom. The first-order valence-corrected chi connectivity index (χ1v) is 3.54. The lowest BCUT2D eigenvalue weighted by atomic mass is 9.98. The number of fused-ring (bicyclic) bond motifs is 1. The van der Waals surface area contributed by atoms with E-state index in [0.717, 1.165) is 17.7 Å². The Bertz CT molecular complexity index is 318. The molecule has 0 saturated carbocycles. The molecule has 2 nitrogen and oxygen atoms in total. The van der Waals surface area contributed by atoms with E-state index in [4.69, 9.17) is 0 Å². The van der Waals surface area contributed by atoms with Gasteiger partial charge in [-0.3, -0.25) is 9.79 Å². The molecule has 0 amide bonds. The van der Waals surface area contributed by atoms with Crippen LogP contribution in [0.15, 0.2) is 41.1 Å². The minimum absolute atomic E-state index is 0.0688. The van der Waals surface area contributed by atoms with Crippen LogP contribution in [0.2, 0.25) is 0 Å². The van der Waals surface area contributed by atoms with Gasteiger partial charge >= 0.3 is 0 Å². The summed E-state index contributed by atoms with van der Waals surface area (Å²) in [5.74, 6) is 0.0688. The molecule has 0 aromatic carbocycles. The molecule has 54 valence electrons. The first-order chi connectivity index (χ1) is 5.38. The third-order valence-corrected chi connectivity index (χ3v) is 1.71. The van der Waals surface area contributed by atoms with Crippen molar-refractivity contribution in [1.29, 1.82) is 0 Å². The van der Waals surface area contributed by atoms with E-state index in [1.165, 1.54) is 6.08 Å². The molecule has 0 atom stereocenters. The number of carbonyl (C=O) groups is 1. The summed E-state index contributed by atoms with van der Waals surface area (Å²) in [6.07, 6.45) is 9.67. The van der Waals surface area contributed by atoms with Crippen LogP contribution in [-0.2, 0) is 4.79 Å². The Morgan fingerprint density at radius 3 is 3.09 bits per heavy atom. The first kappa shape index (κ1) is 6.28. The third-order valence-electron chi connectivity index (χ3n) is 1.71. The average Bonchev–Trinajstić information content (AvgIpc) is 2.06. The van der Waals surface area contributed by atoms with Crippen LogP contribution in [0.4, 0.5) is 0 Å². The van der Waals surface area contributed by atoms with E-state index in [1.54, 1.807) is 6.20 Å². The fourth-order valence-corrected chi connectivity index (χ4v) is 1.17. The molecule has 0 radical (unpaired) electrons. The normalized spacial score (nSPS) is 20.9. The lowest BCUT2D eigenvalue weighted by Gasteiger charge is -2.09. The predicted octanol–water partition coefficient (Wildman–Crippen LogP) is 1.41. The number of hydrogen-bond acceptors (Lipinski definition) is 2. The number of ketones is 1. The molecular weight excluding hydrogens is 138 g/mol. The van der Waals surface area contributed by atoms with Crippen molar-refractivity contribution in [1.82, 2.24) is 0 Å². The summed E-state index contributed by atoms with van der Waals surface area (Å²) in [4.78, 5) is 15.2. The summed E-state index contributed by atoms with van der Waals surface area (Å²) in [5, 5.41) is 0. The summed E-state index contributed by atoms with van der Waals surface area (Å²) < 4.78 is 0. The van der Waals surface area contributed by atoms with Gasteiger partial charge in [0.2, 0.25) is 0 Å². The van der Waals surface area contributed by atoms with Crippen LogP contribution < -0.4 is 0 Å². The largest absolute Gasteiger partial charge is 0.289 e. The molecule has 1 aliphatic heterocycles. The van der Waals surface area contributed by atoms with Gasteiger partial charge in [-0.15, -0.1) is 0 Å². The van der Waals surface area contributed by atoms with Crippen LogP contribution in [0.5, 0.6) is 0 Å². The minimum Gasteiger partial charge on any atom is -0.289 e. The summed E-state index contributed by atoms with van der Waals surface area (Å²) in [6, 6.07) is 0. The van der Waals surface area contributed by atoms with Gasteiger partial charge in [-0.1, -0.05) is 12.2 Å². The van der Waals surface area contributed by atoms with Crippen molar-refractivity contribution in [3.05, 3.63) is 36.1 Å². The van der Waals surface area contributed by atoms with E-state index in [0.29, 0.717) is 0 Å². The van der Waals surface area contributed by atoms with Gasteiger partial charge in [0.15, 0.2) is 5.78 Å². The average molecular weight is 145 g/mol. The number of hydrogen-bond donors (Lipinski definition) is 0. The second-order valence-corrected chi connectivity index (χ2v) is 2.45. The van der Waals surface area contributed by atoms with Crippen LogP contribution in [0.3, 0.4) is 0 Å². The van der Waals surface area contributed by atoms with Crippen molar-refractivity contribution < 1.29 is 4.79 Å². The van der Waals surface area contributed by atoms with Crippen LogP contribution in [-0.4, -0.2) is 11.5 Å². The summed E-state index contributed by atoms with van der Waals surface area (Å²) in [7, 11) is 0. The molecule has 1 aliphatic carbocycles. The number of rotatable bonds is 0. The van der Waals surface area contributed by atoms with Crippen LogP contribution >= 0.6 is 0 Å². The predicted molar refractivity (Wildman–Crippen MR) is 43.4 cm³/mol. The molecule has 2 aliphatic rings. The molecule has 2 rings (SSSR count). The number of carbonyl (C=O) groups excluding carboxylic acids is 1. The maximum Gasteiger partial charge on any atom is 0.189 e. The highest BCUT2D eigenvalue weighted by molar-refractivity contribution is 6.31. The van der Waals surface area contributed by atoms with Crippen LogP contribution in [0, 0.1) is 0 Å². The molecule has 0 fully saturated rings. The Hall–Kier alpha value is -1.44. The maximum absolute atomic E-state index is 11.2. The van der Waals surface area contributed by atoms with E-state index < -0.39 is 0 Å². The highest BCUT2D eigenvalue weighted by Gasteiger charge is 2.15. The number of nitrogens with zero attached hydrogens (tertiary/aromatic N) is 1. The molecule has 0 unspecified atom stereocenters. The number of aliphatic imine (C=N–C) groups is 1. The first-order valence-electron chi connectivity index (χ1n) is 3.54. The van der Waals surface area contributed by atoms with E-state index in [1.807, 2.05) is 18.2 Å². The second-order valence-electron chi connectivity index (χ2n) is 2.45. The molecule has 2 heteroatoms. The smallest absolute Gasteiger partial charge is 0.189 e. The Labute approximate surface area is 64.6 Å². The van der Waals surface area contributed by atoms with Crippen molar-refractivity contribution >= 4 is 11.5 Å². The lowest BCUT2D eigenvalue weighted by molar-refractivity contribution is -0.110. The van der Waals surface area contributed by atoms with E-state index in [-0.39, 0.29) is 5.78 Å². The van der Waals surface area contributed by atoms with Crippen LogP contribution in [0.25, 0.3) is 0 Å². The van der Waals surface area contributed by atoms with Gasteiger partial charge in [0, 0.05) is 17.8 Å². The molecule has 0 bridgehead atoms. The Balaban J connectivity index is 2.48. The van der Waals surface area contributed by atoms with Gasteiger partial charge < -0.3 is 0 Å². The van der Waals surface area contributed by atoms with Crippen molar-refractivity contribution in [2.24, 2.45) is 4.99 Å². The monoisotopic (exact) mass is 145 g/mol. The fourth-order valence-electron chi connectivity index (χ4n) is 1.17. The number of allylic oxidation sites excluding steroid dienone is 5. The summed E-state index contributed by atoms with van der Waals surface area (Å²) >= 11 is 0. The quantitative estimate of drug-likeness (QED) is 0.506. The van der Waals surface area contributed by atoms with Crippen molar-refractivity contribution in [2.45, 2.75) is 6.42 Å². The SMILES string of the molecule is O=C1C=CN=C2C=CCC=C12. The fraction of sp³-hybridized carbons (Fsp3) is 0.111. The molecule has 0 spiro atoms. The van der Waals surface area contributed by atoms with Crippen molar-refractivity contribution in [3.8, 4) is 0 Å². The molecule has 1 heterocycles. The zero-order chi connectivity index (χ0) is 7.68. The zero-order valence-corrected chi connectivity index (χ0v) is 5.95. The summed E-state index contributed by atoms with van der Waals surface area (Å²) in [6.45, 7) is 0. The maximum atomic E-state index is 11.2. The molecular formula is C9H7NO. The molecule has 0 aromatic rings. The van der Waals surface area contributed by atoms with Gasteiger partial charge in [0.1, 0.15) is 0 Å². The highest BCUT2D eigenvalue weighted by Crippen LogP contribution is 2.14.